The molecule has 1 aromatic rings. The molecule has 0 radical (unpaired) electrons. The first-order chi connectivity index (χ1) is 13.1. The maximum atomic E-state index is 12.8. The number of amides is 1. The molecule has 0 unspecified atom stereocenters. The van der Waals surface area contributed by atoms with Crippen molar-refractivity contribution < 1.29 is 18.7 Å². The van der Waals surface area contributed by atoms with E-state index in [1.165, 1.54) is 12.1 Å². The molecule has 28 heavy (non-hydrogen) atoms. The second-order valence-corrected chi connectivity index (χ2v) is 6.38. The Morgan fingerprint density at radius 3 is 2.61 bits per heavy atom. The molecule has 2 rings (SSSR count). The van der Waals surface area contributed by atoms with E-state index in [1.54, 1.807) is 24.0 Å². The van der Waals surface area contributed by atoms with Crippen molar-refractivity contribution in [3.8, 4) is 5.75 Å². The van der Waals surface area contributed by atoms with Crippen LogP contribution >= 0.6 is 24.0 Å². The van der Waals surface area contributed by atoms with Gasteiger partial charge in [0.25, 0.3) is 0 Å². The number of likely N-dealkylation sites (tertiary alicyclic amines) is 1. The molecule has 158 valence electrons. The molecule has 1 amide bonds. The number of aliphatic imine (C=N–C) groups is 1. The van der Waals surface area contributed by atoms with Gasteiger partial charge in [0.2, 0.25) is 0 Å². The van der Waals surface area contributed by atoms with E-state index in [-0.39, 0.29) is 41.9 Å². The summed E-state index contributed by atoms with van der Waals surface area (Å²) in [7, 11) is 0. The van der Waals surface area contributed by atoms with Gasteiger partial charge in [-0.2, -0.15) is 0 Å². The van der Waals surface area contributed by atoms with Gasteiger partial charge in [0.1, 0.15) is 11.6 Å². The van der Waals surface area contributed by atoms with E-state index in [9.17, 15) is 9.18 Å². The number of nitrogens with two attached hydrogens (primary N) is 1. The van der Waals surface area contributed by atoms with Crippen LogP contribution in [0.25, 0.3) is 0 Å². The highest BCUT2D eigenvalue weighted by atomic mass is 127. The highest BCUT2D eigenvalue weighted by Gasteiger charge is 2.23. The van der Waals surface area contributed by atoms with E-state index in [1.807, 2.05) is 0 Å². The number of nitrogens with zero attached hydrogens (tertiary/aromatic N) is 2. The summed E-state index contributed by atoms with van der Waals surface area (Å²) in [5.74, 6) is 0.825. The zero-order valence-corrected chi connectivity index (χ0v) is 18.6. The minimum atomic E-state index is -0.272. The predicted octanol–water partition coefficient (Wildman–Crippen LogP) is 3.13. The van der Waals surface area contributed by atoms with E-state index in [0.29, 0.717) is 44.6 Å². The quantitative estimate of drug-likeness (QED) is 0.244. The van der Waals surface area contributed by atoms with E-state index in [0.717, 1.165) is 25.7 Å². The van der Waals surface area contributed by atoms with Crippen molar-refractivity contribution in [2.45, 2.75) is 38.6 Å². The molecular formula is C19H30FIN4O3. The SMILES string of the molecule is CCOC(=O)N1CCC(NC(N)=NCCCCOc2ccc(F)cc2)CC1.I. The zero-order valence-electron chi connectivity index (χ0n) is 16.2. The van der Waals surface area contributed by atoms with Crippen LogP contribution in [0, 0.1) is 5.82 Å². The van der Waals surface area contributed by atoms with Crippen LogP contribution in [-0.4, -0.2) is 55.8 Å². The van der Waals surface area contributed by atoms with Crippen molar-refractivity contribution >= 4 is 36.0 Å². The lowest BCUT2D eigenvalue weighted by Gasteiger charge is -2.31. The fourth-order valence-electron chi connectivity index (χ4n) is 2.81. The molecule has 1 aliphatic heterocycles. The lowest BCUT2D eigenvalue weighted by atomic mass is 10.1. The molecule has 1 fully saturated rings. The normalized spacial score (nSPS) is 14.9. The minimum Gasteiger partial charge on any atom is -0.494 e. The van der Waals surface area contributed by atoms with Crippen molar-refractivity contribution in [1.29, 1.82) is 0 Å². The van der Waals surface area contributed by atoms with Gasteiger partial charge in [0.05, 0.1) is 13.2 Å². The Labute approximate surface area is 182 Å². The second kappa shape index (κ2) is 13.4. The van der Waals surface area contributed by atoms with E-state index in [2.05, 4.69) is 10.3 Å². The lowest BCUT2D eigenvalue weighted by Crippen LogP contribution is -2.48. The molecule has 1 aliphatic rings. The Balaban J connectivity index is 0.00000392. The van der Waals surface area contributed by atoms with Gasteiger partial charge in [-0.25, -0.2) is 9.18 Å². The smallest absolute Gasteiger partial charge is 0.409 e. The number of ether oxygens (including phenoxy) is 2. The Hall–Kier alpha value is -1.78. The summed E-state index contributed by atoms with van der Waals surface area (Å²) in [4.78, 5) is 17.7. The van der Waals surface area contributed by atoms with Gasteiger partial charge in [0, 0.05) is 25.7 Å². The molecule has 0 saturated carbocycles. The fourth-order valence-corrected chi connectivity index (χ4v) is 2.81. The summed E-state index contributed by atoms with van der Waals surface area (Å²) in [6, 6.07) is 6.21. The topological polar surface area (TPSA) is 89.2 Å². The lowest BCUT2D eigenvalue weighted by molar-refractivity contribution is 0.0963. The Morgan fingerprint density at radius 2 is 1.96 bits per heavy atom. The number of guanidine groups is 1. The number of unbranched alkanes of at least 4 members (excludes halogenated alkanes) is 1. The first-order valence-electron chi connectivity index (χ1n) is 9.45. The number of rotatable bonds is 8. The average Bonchev–Trinajstić information content (AvgIpc) is 2.67. The largest absolute Gasteiger partial charge is 0.494 e. The van der Waals surface area contributed by atoms with Gasteiger partial charge >= 0.3 is 6.09 Å². The number of piperidine rings is 1. The van der Waals surface area contributed by atoms with Gasteiger partial charge in [-0.3, -0.25) is 4.99 Å². The number of carbonyl (C=O) groups excluding carboxylic acids is 1. The third-order valence-corrected chi connectivity index (χ3v) is 4.29. The average molecular weight is 508 g/mol. The number of hydrogen-bond donors (Lipinski definition) is 2. The summed E-state index contributed by atoms with van der Waals surface area (Å²) in [5, 5.41) is 3.21. The summed E-state index contributed by atoms with van der Waals surface area (Å²) < 4.78 is 23.3. The van der Waals surface area contributed by atoms with Crippen LogP contribution < -0.4 is 15.8 Å². The molecular weight excluding hydrogens is 478 g/mol. The monoisotopic (exact) mass is 508 g/mol. The van der Waals surface area contributed by atoms with Crippen LogP contribution in [0.15, 0.2) is 29.3 Å². The van der Waals surface area contributed by atoms with E-state index >= 15 is 0 Å². The third-order valence-electron chi connectivity index (χ3n) is 4.29. The summed E-state index contributed by atoms with van der Waals surface area (Å²) in [6.07, 6.45) is 3.08. The Bertz CT molecular complexity index is 608. The number of hydrogen-bond acceptors (Lipinski definition) is 4. The van der Waals surface area contributed by atoms with Crippen LogP contribution in [0.3, 0.4) is 0 Å². The standard InChI is InChI=1S/C19H29FN4O3.HI/c1-2-26-19(25)24-12-9-16(10-13-24)23-18(21)22-11-3-4-14-27-17-7-5-15(20)6-8-17;/h5-8,16H,2-4,9-14H2,1H3,(H3,21,22,23);1H. The van der Waals surface area contributed by atoms with Crippen molar-refractivity contribution in [2.24, 2.45) is 10.7 Å². The molecule has 1 aromatic carbocycles. The highest BCUT2D eigenvalue weighted by molar-refractivity contribution is 14.0. The number of benzene rings is 1. The fraction of sp³-hybridized carbons (Fsp3) is 0.579. The number of carbonyl (C=O) groups is 1. The first kappa shape index (κ1) is 24.3. The third kappa shape index (κ3) is 8.94. The van der Waals surface area contributed by atoms with Crippen LogP contribution in [0.2, 0.25) is 0 Å². The molecule has 1 saturated heterocycles. The zero-order chi connectivity index (χ0) is 19.5. The predicted molar refractivity (Wildman–Crippen MR) is 118 cm³/mol. The van der Waals surface area contributed by atoms with Crippen LogP contribution in [0.1, 0.15) is 32.6 Å². The summed E-state index contributed by atoms with van der Waals surface area (Å²) >= 11 is 0. The molecule has 7 nitrogen and oxygen atoms in total. The first-order valence-corrected chi connectivity index (χ1v) is 9.45. The number of halogens is 2. The molecule has 0 aromatic heterocycles. The molecule has 0 aliphatic carbocycles. The summed E-state index contributed by atoms with van der Waals surface area (Å²) in [6.45, 7) is 4.69. The van der Waals surface area contributed by atoms with Crippen molar-refractivity contribution in [3.63, 3.8) is 0 Å². The maximum Gasteiger partial charge on any atom is 0.409 e. The van der Waals surface area contributed by atoms with Gasteiger partial charge in [-0.1, -0.05) is 0 Å². The Morgan fingerprint density at radius 1 is 1.29 bits per heavy atom. The van der Waals surface area contributed by atoms with Gasteiger partial charge < -0.3 is 25.4 Å². The molecule has 3 N–H and O–H groups in total. The maximum absolute atomic E-state index is 12.8. The molecule has 1 heterocycles. The van der Waals surface area contributed by atoms with Crippen molar-refractivity contribution in [2.75, 3.05) is 32.8 Å². The molecule has 0 spiro atoms. The van der Waals surface area contributed by atoms with Crippen LogP contribution in [0.5, 0.6) is 5.75 Å². The highest BCUT2D eigenvalue weighted by Crippen LogP contribution is 2.12. The van der Waals surface area contributed by atoms with Crippen LogP contribution in [-0.2, 0) is 4.74 Å². The Kier molecular flexibility index (Phi) is 11.6. The molecule has 0 atom stereocenters. The van der Waals surface area contributed by atoms with Crippen molar-refractivity contribution in [1.82, 2.24) is 10.2 Å². The minimum absolute atomic E-state index is 0. The van der Waals surface area contributed by atoms with Gasteiger partial charge in [-0.15, -0.1) is 24.0 Å². The van der Waals surface area contributed by atoms with Gasteiger partial charge in [0.15, 0.2) is 5.96 Å². The van der Waals surface area contributed by atoms with Gasteiger partial charge in [-0.05, 0) is 56.9 Å². The van der Waals surface area contributed by atoms with E-state index < -0.39 is 0 Å². The number of nitrogens with one attached hydrogen (secondary N) is 1. The molecule has 0 bridgehead atoms. The van der Waals surface area contributed by atoms with E-state index in [4.69, 9.17) is 15.2 Å². The second-order valence-electron chi connectivity index (χ2n) is 6.38. The van der Waals surface area contributed by atoms with Crippen molar-refractivity contribution in [3.05, 3.63) is 30.1 Å². The molecule has 9 heteroatoms. The summed E-state index contributed by atoms with van der Waals surface area (Å²) in [5.41, 5.74) is 5.93. The van der Waals surface area contributed by atoms with Crippen LogP contribution in [0.4, 0.5) is 9.18 Å².